The van der Waals surface area contributed by atoms with Crippen molar-refractivity contribution in [2.24, 2.45) is 4.99 Å². The van der Waals surface area contributed by atoms with E-state index < -0.39 is 0 Å². The first-order valence-electron chi connectivity index (χ1n) is 9.42. The number of guanidine groups is 1. The minimum atomic E-state index is -0.202. The van der Waals surface area contributed by atoms with Gasteiger partial charge in [0.2, 0.25) is 5.89 Å². The van der Waals surface area contributed by atoms with Crippen LogP contribution in [0.2, 0.25) is 0 Å². The summed E-state index contributed by atoms with van der Waals surface area (Å²) in [5.74, 6) is 1.11. The number of hydrogen-bond acceptors (Lipinski definition) is 3. The summed E-state index contributed by atoms with van der Waals surface area (Å²) in [5.41, 5.74) is 3.79. The summed E-state index contributed by atoms with van der Waals surface area (Å²) in [6.45, 7) is 5.82. The minimum absolute atomic E-state index is 0.202. The fourth-order valence-corrected chi connectivity index (χ4v) is 2.85. The van der Waals surface area contributed by atoms with Crippen LogP contribution in [0.1, 0.15) is 23.7 Å². The number of aliphatic imine (C=N–C) groups is 1. The number of rotatable bonds is 7. The van der Waals surface area contributed by atoms with E-state index >= 15 is 0 Å². The highest BCUT2D eigenvalue weighted by Crippen LogP contribution is 2.18. The number of nitrogens with one attached hydrogen (secondary N) is 2. The van der Waals surface area contributed by atoms with Crippen molar-refractivity contribution in [3.05, 3.63) is 77.4 Å². The molecule has 0 aliphatic carbocycles. The van der Waals surface area contributed by atoms with Crippen molar-refractivity contribution in [2.45, 2.75) is 26.8 Å². The molecule has 0 atom stereocenters. The first kappa shape index (κ1) is 19.6. The molecule has 6 heteroatoms. The SMILES string of the molecule is CCNC(=NCc1coc(-c2ccccc2)n1)NCCc1ccc(F)cc1C. The van der Waals surface area contributed by atoms with Crippen molar-refractivity contribution >= 4 is 5.96 Å². The summed E-state index contributed by atoms with van der Waals surface area (Å²) >= 11 is 0. The van der Waals surface area contributed by atoms with Gasteiger partial charge in [0.1, 0.15) is 17.8 Å². The Labute approximate surface area is 164 Å². The molecule has 1 heterocycles. The number of aryl methyl sites for hydroxylation is 1. The van der Waals surface area contributed by atoms with Crippen LogP contribution >= 0.6 is 0 Å². The summed E-state index contributed by atoms with van der Waals surface area (Å²) in [5, 5.41) is 6.53. The van der Waals surface area contributed by atoms with Crippen LogP contribution < -0.4 is 10.6 Å². The molecule has 0 saturated heterocycles. The maximum absolute atomic E-state index is 13.2. The molecule has 0 fully saturated rings. The lowest BCUT2D eigenvalue weighted by Crippen LogP contribution is -2.38. The minimum Gasteiger partial charge on any atom is -0.444 e. The predicted octanol–water partition coefficient (Wildman–Crippen LogP) is 4.09. The van der Waals surface area contributed by atoms with E-state index in [0.717, 1.165) is 35.3 Å². The van der Waals surface area contributed by atoms with Gasteiger partial charge in [-0.05, 0) is 55.7 Å². The summed E-state index contributed by atoms with van der Waals surface area (Å²) in [6, 6.07) is 14.7. The van der Waals surface area contributed by atoms with Crippen LogP contribution in [0.25, 0.3) is 11.5 Å². The Morgan fingerprint density at radius 2 is 1.96 bits per heavy atom. The Morgan fingerprint density at radius 3 is 2.71 bits per heavy atom. The first-order chi connectivity index (χ1) is 13.7. The maximum Gasteiger partial charge on any atom is 0.226 e. The van der Waals surface area contributed by atoms with Gasteiger partial charge in [-0.15, -0.1) is 0 Å². The molecule has 2 aromatic carbocycles. The molecule has 0 aliphatic heterocycles. The quantitative estimate of drug-likeness (QED) is 0.479. The molecular formula is C22H25FN4O. The molecule has 1 aromatic heterocycles. The molecule has 0 amide bonds. The van der Waals surface area contributed by atoms with Crippen LogP contribution in [-0.2, 0) is 13.0 Å². The van der Waals surface area contributed by atoms with Gasteiger partial charge in [0.25, 0.3) is 0 Å². The number of hydrogen-bond donors (Lipinski definition) is 2. The summed E-state index contributed by atoms with van der Waals surface area (Å²) < 4.78 is 18.8. The van der Waals surface area contributed by atoms with Crippen LogP contribution in [-0.4, -0.2) is 24.0 Å². The lowest BCUT2D eigenvalue weighted by Gasteiger charge is -2.12. The van der Waals surface area contributed by atoms with Crippen molar-refractivity contribution in [3.8, 4) is 11.5 Å². The first-order valence-corrected chi connectivity index (χ1v) is 9.42. The third-order valence-electron chi connectivity index (χ3n) is 4.31. The van der Waals surface area contributed by atoms with E-state index in [2.05, 4.69) is 20.6 Å². The van der Waals surface area contributed by atoms with E-state index in [1.807, 2.05) is 50.2 Å². The van der Waals surface area contributed by atoms with E-state index in [-0.39, 0.29) is 5.82 Å². The molecule has 146 valence electrons. The Bertz CT molecular complexity index is 921. The smallest absolute Gasteiger partial charge is 0.226 e. The molecule has 28 heavy (non-hydrogen) atoms. The van der Waals surface area contributed by atoms with Crippen molar-refractivity contribution in [1.82, 2.24) is 15.6 Å². The summed E-state index contributed by atoms with van der Waals surface area (Å²) in [6.07, 6.45) is 2.43. The van der Waals surface area contributed by atoms with E-state index in [1.54, 1.807) is 12.3 Å². The molecule has 5 nitrogen and oxygen atoms in total. The maximum atomic E-state index is 13.2. The predicted molar refractivity (Wildman–Crippen MR) is 110 cm³/mol. The molecule has 3 rings (SSSR count). The van der Waals surface area contributed by atoms with Gasteiger partial charge in [0, 0.05) is 18.7 Å². The number of halogens is 1. The Hall–Kier alpha value is -3.15. The Balaban J connectivity index is 1.57. The molecule has 2 N–H and O–H groups in total. The monoisotopic (exact) mass is 380 g/mol. The topological polar surface area (TPSA) is 62.5 Å². The number of benzene rings is 2. The summed E-state index contributed by atoms with van der Waals surface area (Å²) in [7, 11) is 0. The highest BCUT2D eigenvalue weighted by molar-refractivity contribution is 5.79. The largest absolute Gasteiger partial charge is 0.444 e. The van der Waals surface area contributed by atoms with Crippen molar-refractivity contribution in [3.63, 3.8) is 0 Å². The van der Waals surface area contributed by atoms with Crippen LogP contribution in [0.15, 0.2) is 64.2 Å². The van der Waals surface area contributed by atoms with Gasteiger partial charge < -0.3 is 15.1 Å². The highest BCUT2D eigenvalue weighted by atomic mass is 19.1. The highest BCUT2D eigenvalue weighted by Gasteiger charge is 2.06. The molecule has 0 spiro atoms. The average molecular weight is 380 g/mol. The second kappa shape index (κ2) is 9.69. The van der Waals surface area contributed by atoms with Gasteiger partial charge >= 0.3 is 0 Å². The lowest BCUT2D eigenvalue weighted by molar-refractivity contribution is 0.572. The van der Waals surface area contributed by atoms with Crippen molar-refractivity contribution in [2.75, 3.05) is 13.1 Å². The fraction of sp³-hybridized carbons (Fsp3) is 0.273. The van der Waals surface area contributed by atoms with E-state index in [4.69, 9.17) is 4.42 Å². The molecule has 0 aliphatic rings. The molecule has 3 aromatic rings. The lowest BCUT2D eigenvalue weighted by atomic mass is 10.1. The van der Waals surface area contributed by atoms with E-state index in [1.165, 1.54) is 6.07 Å². The Morgan fingerprint density at radius 1 is 1.14 bits per heavy atom. The molecule has 0 unspecified atom stereocenters. The van der Waals surface area contributed by atoms with Gasteiger partial charge in [-0.25, -0.2) is 14.4 Å². The normalized spacial score (nSPS) is 11.5. The fourth-order valence-electron chi connectivity index (χ4n) is 2.85. The number of aromatic nitrogens is 1. The van der Waals surface area contributed by atoms with Gasteiger partial charge in [-0.1, -0.05) is 24.3 Å². The van der Waals surface area contributed by atoms with Crippen molar-refractivity contribution < 1.29 is 8.81 Å². The number of nitrogens with zero attached hydrogens (tertiary/aromatic N) is 2. The van der Waals surface area contributed by atoms with Gasteiger partial charge in [0.05, 0.1) is 6.54 Å². The van der Waals surface area contributed by atoms with Crippen LogP contribution in [0.3, 0.4) is 0 Å². The van der Waals surface area contributed by atoms with Crippen LogP contribution in [0, 0.1) is 12.7 Å². The zero-order chi connectivity index (χ0) is 19.8. The molecular weight excluding hydrogens is 355 g/mol. The van der Waals surface area contributed by atoms with Gasteiger partial charge in [-0.2, -0.15) is 0 Å². The molecule has 0 saturated carbocycles. The number of oxazole rings is 1. The standard InChI is InChI=1S/C22H25FN4O/c1-3-24-22(25-12-11-17-9-10-19(23)13-16(17)2)26-14-20-15-28-21(27-20)18-7-5-4-6-8-18/h4-10,13,15H,3,11-12,14H2,1-2H3,(H2,24,25,26). The van der Waals surface area contributed by atoms with Crippen LogP contribution in [0.4, 0.5) is 4.39 Å². The van der Waals surface area contributed by atoms with Gasteiger partial charge in [0.15, 0.2) is 5.96 Å². The average Bonchev–Trinajstić information content (AvgIpc) is 3.17. The third-order valence-corrected chi connectivity index (χ3v) is 4.31. The van der Waals surface area contributed by atoms with E-state index in [9.17, 15) is 4.39 Å². The zero-order valence-electron chi connectivity index (χ0n) is 16.2. The van der Waals surface area contributed by atoms with Gasteiger partial charge in [-0.3, -0.25) is 0 Å². The molecule has 0 radical (unpaired) electrons. The third kappa shape index (κ3) is 5.42. The summed E-state index contributed by atoms with van der Waals surface area (Å²) in [4.78, 5) is 9.07. The zero-order valence-corrected chi connectivity index (χ0v) is 16.2. The van der Waals surface area contributed by atoms with Crippen LogP contribution in [0.5, 0.6) is 0 Å². The molecule has 0 bridgehead atoms. The Kier molecular flexibility index (Phi) is 6.78. The second-order valence-corrected chi connectivity index (χ2v) is 6.45. The van der Waals surface area contributed by atoms with Crippen molar-refractivity contribution in [1.29, 1.82) is 0 Å². The second-order valence-electron chi connectivity index (χ2n) is 6.45. The van der Waals surface area contributed by atoms with E-state index in [0.29, 0.717) is 24.9 Å².